The van der Waals surface area contributed by atoms with E-state index in [1.165, 1.54) is 12.1 Å². The average molecular weight is 335 g/mol. The maximum absolute atomic E-state index is 14.3. The fourth-order valence-corrected chi connectivity index (χ4v) is 3.07. The maximum Gasteiger partial charge on any atom is 0.133 e. The predicted octanol–water partition coefficient (Wildman–Crippen LogP) is 3.96. The summed E-state index contributed by atoms with van der Waals surface area (Å²) in [6.07, 6.45) is 3.57. The van der Waals surface area contributed by atoms with Gasteiger partial charge in [0.15, 0.2) is 0 Å². The Kier molecular flexibility index (Phi) is 4.07. The third kappa shape index (κ3) is 3.06. The van der Waals surface area contributed by atoms with Gasteiger partial charge in [-0.25, -0.2) is 8.78 Å². The Morgan fingerprint density at radius 2 is 1.84 bits per heavy atom. The standard InChI is InChI=1S/C20H15F2N3/c21-15-4-6-18(19(22)11-15)17-7-9-23-12-14-10-13(3-5-16(14)17)20-2-1-8-24-25-20/h1-8,10-11,23H,9,12H2. The minimum atomic E-state index is -0.577. The van der Waals surface area contributed by atoms with Gasteiger partial charge in [0.05, 0.1) is 5.69 Å². The molecule has 0 atom stereocenters. The van der Waals surface area contributed by atoms with Crippen LogP contribution in [0.15, 0.2) is 60.8 Å². The van der Waals surface area contributed by atoms with Gasteiger partial charge in [0.25, 0.3) is 0 Å². The number of halogens is 2. The highest BCUT2D eigenvalue weighted by molar-refractivity contribution is 5.83. The second-order valence-corrected chi connectivity index (χ2v) is 5.85. The monoisotopic (exact) mass is 335 g/mol. The number of rotatable bonds is 2. The van der Waals surface area contributed by atoms with Crippen LogP contribution in [0, 0.1) is 11.6 Å². The maximum atomic E-state index is 14.3. The molecule has 1 aromatic heterocycles. The third-order valence-corrected chi connectivity index (χ3v) is 4.25. The summed E-state index contributed by atoms with van der Waals surface area (Å²) in [6.45, 7) is 1.27. The summed E-state index contributed by atoms with van der Waals surface area (Å²) in [4.78, 5) is 0. The van der Waals surface area contributed by atoms with E-state index in [2.05, 4.69) is 15.5 Å². The minimum Gasteiger partial charge on any atom is -0.309 e. The fourth-order valence-electron chi connectivity index (χ4n) is 3.07. The lowest BCUT2D eigenvalue weighted by Crippen LogP contribution is -2.11. The molecule has 0 radical (unpaired) electrons. The minimum absolute atomic E-state index is 0.401. The first-order chi connectivity index (χ1) is 12.2. The number of fused-ring (bicyclic) bond motifs is 1. The second-order valence-electron chi connectivity index (χ2n) is 5.85. The van der Waals surface area contributed by atoms with Gasteiger partial charge in [-0.05, 0) is 47.0 Å². The Morgan fingerprint density at radius 3 is 2.64 bits per heavy atom. The van der Waals surface area contributed by atoms with Crippen molar-refractivity contribution in [2.45, 2.75) is 6.54 Å². The summed E-state index contributed by atoms with van der Waals surface area (Å²) >= 11 is 0. The number of nitrogens with one attached hydrogen (secondary N) is 1. The second kappa shape index (κ2) is 6.53. The number of nitrogens with zero attached hydrogens (tertiary/aromatic N) is 2. The first kappa shape index (κ1) is 15.6. The summed E-state index contributed by atoms with van der Waals surface area (Å²) in [5.74, 6) is -1.14. The van der Waals surface area contributed by atoms with Gasteiger partial charge in [0.2, 0.25) is 0 Å². The van der Waals surface area contributed by atoms with E-state index in [9.17, 15) is 8.78 Å². The average Bonchev–Trinajstić information content (AvgIpc) is 2.84. The van der Waals surface area contributed by atoms with Crippen LogP contribution in [-0.2, 0) is 6.54 Å². The van der Waals surface area contributed by atoms with Gasteiger partial charge in [0, 0.05) is 36.5 Å². The molecule has 0 fully saturated rings. The van der Waals surface area contributed by atoms with Crippen LogP contribution >= 0.6 is 0 Å². The Labute approximate surface area is 144 Å². The van der Waals surface area contributed by atoms with Crippen molar-refractivity contribution in [3.8, 4) is 11.3 Å². The van der Waals surface area contributed by atoms with Gasteiger partial charge in [-0.2, -0.15) is 10.2 Å². The van der Waals surface area contributed by atoms with Crippen LogP contribution in [0.3, 0.4) is 0 Å². The zero-order valence-electron chi connectivity index (χ0n) is 13.3. The highest BCUT2D eigenvalue weighted by Gasteiger charge is 2.17. The number of hydrogen-bond acceptors (Lipinski definition) is 3. The van der Waals surface area contributed by atoms with Gasteiger partial charge in [0.1, 0.15) is 11.6 Å². The van der Waals surface area contributed by atoms with E-state index in [4.69, 9.17) is 0 Å². The van der Waals surface area contributed by atoms with Gasteiger partial charge < -0.3 is 5.32 Å². The molecule has 0 saturated carbocycles. The lowest BCUT2D eigenvalue weighted by Gasteiger charge is -2.13. The van der Waals surface area contributed by atoms with E-state index < -0.39 is 11.6 Å². The van der Waals surface area contributed by atoms with Gasteiger partial charge >= 0.3 is 0 Å². The quantitative estimate of drug-likeness (QED) is 0.770. The molecule has 0 aliphatic carbocycles. The van der Waals surface area contributed by atoms with E-state index in [0.29, 0.717) is 18.7 Å². The number of benzene rings is 2. The molecule has 5 heteroatoms. The van der Waals surface area contributed by atoms with Gasteiger partial charge in [-0.3, -0.25) is 0 Å². The van der Waals surface area contributed by atoms with Crippen molar-refractivity contribution in [1.82, 2.24) is 15.5 Å². The molecule has 1 aliphatic rings. The summed E-state index contributed by atoms with van der Waals surface area (Å²) in [7, 11) is 0. The fraction of sp³-hybridized carbons (Fsp3) is 0.100. The first-order valence-corrected chi connectivity index (χ1v) is 8.00. The molecule has 3 aromatic rings. The molecule has 0 unspecified atom stereocenters. The Balaban J connectivity index is 1.82. The van der Waals surface area contributed by atoms with Crippen molar-refractivity contribution in [3.05, 3.63) is 89.1 Å². The van der Waals surface area contributed by atoms with Crippen LogP contribution in [0.1, 0.15) is 16.7 Å². The van der Waals surface area contributed by atoms with E-state index in [0.717, 1.165) is 34.0 Å². The Hall–Kier alpha value is -2.92. The van der Waals surface area contributed by atoms with Crippen molar-refractivity contribution in [2.24, 2.45) is 0 Å². The van der Waals surface area contributed by atoms with E-state index >= 15 is 0 Å². The highest BCUT2D eigenvalue weighted by Crippen LogP contribution is 2.32. The summed E-state index contributed by atoms with van der Waals surface area (Å²) in [5, 5.41) is 11.4. The predicted molar refractivity (Wildman–Crippen MR) is 92.6 cm³/mol. The molecule has 1 N–H and O–H groups in total. The number of hydrogen-bond donors (Lipinski definition) is 1. The zero-order chi connectivity index (χ0) is 17.2. The molecule has 0 spiro atoms. The Bertz CT molecular complexity index is 952. The summed E-state index contributed by atoms with van der Waals surface area (Å²) < 4.78 is 27.5. The van der Waals surface area contributed by atoms with Crippen molar-refractivity contribution < 1.29 is 8.78 Å². The molecule has 0 amide bonds. The van der Waals surface area contributed by atoms with Gasteiger partial charge in [-0.15, -0.1) is 0 Å². The van der Waals surface area contributed by atoms with Crippen LogP contribution < -0.4 is 5.32 Å². The molecule has 124 valence electrons. The molecular weight excluding hydrogens is 320 g/mol. The first-order valence-electron chi connectivity index (χ1n) is 8.00. The van der Waals surface area contributed by atoms with E-state index in [1.807, 2.05) is 36.4 Å². The van der Waals surface area contributed by atoms with Crippen LogP contribution in [0.4, 0.5) is 8.78 Å². The van der Waals surface area contributed by atoms with E-state index in [1.54, 1.807) is 6.20 Å². The Morgan fingerprint density at radius 1 is 0.960 bits per heavy atom. The lowest BCUT2D eigenvalue weighted by molar-refractivity contribution is 0.581. The SMILES string of the molecule is Fc1ccc(C2=CCNCc3cc(-c4cccnn4)ccc32)c(F)c1. The molecule has 2 aromatic carbocycles. The molecule has 1 aliphatic heterocycles. The zero-order valence-corrected chi connectivity index (χ0v) is 13.3. The molecule has 4 rings (SSSR count). The summed E-state index contributed by atoms with van der Waals surface area (Å²) in [5.41, 5.74) is 4.88. The van der Waals surface area contributed by atoms with Crippen molar-refractivity contribution >= 4 is 5.57 Å². The normalized spacial score (nSPS) is 13.8. The van der Waals surface area contributed by atoms with E-state index in [-0.39, 0.29) is 0 Å². The summed E-state index contributed by atoms with van der Waals surface area (Å²) in [6, 6.07) is 13.4. The van der Waals surface area contributed by atoms with Crippen molar-refractivity contribution in [2.75, 3.05) is 6.54 Å². The van der Waals surface area contributed by atoms with Gasteiger partial charge in [-0.1, -0.05) is 18.2 Å². The van der Waals surface area contributed by atoms with Crippen LogP contribution in [-0.4, -0.2) is 16.7 Å². The molecule has 3 nitrogen and oxygen atoms in total. The molecule has 25 heavy (non-hydrogen) atoms. The smallest absolute Gasteiger partial charge is 0.133 e. The largest absolute Gasteiger partial charge is 0.309 e. The lowest BCUT2D eigenvalue weighted by atomic mass is 9.92. The third-order valence-electron chi connectivity index (χ3n) is 4.25. The van der Waals surface area contributed by atoms with Crippen LogP contribution in [0.5, 0.6) is 0 Å². The van der Waals surface area contributed by atoms with Crippen LogP contribution in [0.25, 0.3) is 16.8 Å². The molecule has 0 saturated heterocycles. The molecule has 2 heterocycles. The molecule has 0 bridgehead atoms. The number of aromatic nitrogens is 2. The van der Waals surface area contributed by atoms with Crippen LogP contribution in [0.2, 0.25) is 0 Å². The highest BCUT2D eigenvalue weighted by atomic mass is 19.1. The topological polar surface area (TPSA) is 37.8 Å². The van der Waals surface area contributed by atoms with Crippen molar-refractivity contribution in [3.63, 3.8) is 0 Å². The van der Waals surface area contributed by atoms with Crippen molar-refractivity contribution in [1.29, 1.82) is 0 Å². The molecular formula is C20H15F2N3.